The highest BCUT2D eigenvalue weighted by Crippen LogP contribution is 2.35. The minimum Gasteiger partial charge on any atom is -0.487 e. The van der Waals surface area contributed by atoms with Crippen molar-refractivity contribution in [1.29, 1.82) is 0 Å². The summed E-state index contributed by atoms with van der Waals surface area (Å²) >= 11 is 0. The Bertz CT molecular complexity index is 542. The van der Waals surface area contributed by atoms with Crippen molar-refractivity contribution < 1.29 is 9.84 Å². The molecule has 1 aliphatic carbocycles. The first-order valence-electron chi connectivity index (χ1n) is 6.65. The Hall–Kier alpha value is -1.81. The second-order valence-electron chi connectivity index (χ2n) is 5.06. The van der Waals surface area contributed by atoms with E-state index in [9.17, 15) is 5.11 Å². The number of rotatable bonds is 5. The zero-order valence-electron chi connectivity index (χ0n) is 11.0. The molecule has 0 radical (unpaired) electrons. The van der Waals surface area contributed by atoms with Crippen molar-refractivity contribution in [3.05, 3.63) is 48.0 Å². The van der Waals surface area contributed by atoms with E-state index in [1.165, 1.54) is 12.8 Å². The molecule has 1 fully saturated rings. The molecule has 1 saturated carbocycles. The lowest BCUT2D eigenvalue weighted by molar-refractivity contribution is 0.199. The van der Waals surface area contributed by atoms with E-state index in [-0.39, 0.29) is 0 Å². The van der Waals surface area contributed by atoms with Gasteiger partial charge in [0.1, 0.15) is 12.4 Å². The summed E-state index contributed by atoms with van der Waals surface area (Å²) in [6.45, 7) is 2.29. The Morgan fingerprint density at radius 3 is 2.74 bits per heavy atom. The summed E-state index contributed by atoms with van der Waals surface area (Å²) in [4.78, 5) is 4.18. The molecule has 0 aliphatic heterocycles. The number of imidazole rings is 1. The molecule has 2 aromatic rings. The van der Waals surface area contributed by atoms with Crippen LogP contribution in [0.5, 0.6) is 5.75 Å². The molecular weight excluding hydrogens is 240 g/mol. The minimum atomic E-state index is -0.439. The number of ether oxygens (including phenoxy) is 1. The molecule has 1 aromatic carbocycles. The van der Waals surface area contributed by atoms with Crippen molar-refractivity contribution in [1.82, 2.24) is 9.55 Å². The molecular formula is C15H18N2O2. The molecule has 19 heavy (non-hydrogen) atoms. The lowest BCUT2D eigenvalue weighted by Crippen LogP contribution is -2.03. The average molecular weight is 258 g/mol. The molecule has 1 heterocycles. The topological polar surface area (TPSA) is 47.3 Å². The maximum Gasteiger partial charge on any atom is 0.130 e. The van der Waals surface area contributed by atoms with Crippen LogP contribution in [-0.4, -0.2) is 14.7 Å². The van der Waals surface area contributed by atoms with Crippen LogP contribution in [0.3, 0.4) is 0 Å². The fourth-order valence-corrected chi connectivity index (χ4v) is 2.13. The summed E-state index contributed by atoms with van der Waals surface area (Å²) in [6.07, 6.45) is 5.79. The highest BCUT2D eigenvalue weighted by molar-refractivity contribution is 5.28. The summed E-state index contributed by atoms with van der Waals surface area (Å²) < 4.78 is 7.96. The van der Waals surface area contributed by atoms with Gasteiger partial charge in [-0.2, -0.15) is 0 Å². The van der Waals surface area contributed by atoms with Crippen LogP contribution < -0.4 is 4.74 Å². The van der Waals surface area contributed by atoms with E-state index in [4.69, 9.17) is 4.74 Å². The molecule has 1 aliphatic rings. The van der Waals surface area contributed by atoms with Gasteiger partial charge in [0.05, 0.1) is 24.3 Å². The van der Waals surface area contributed by atoms with E-state index in [1.807, 2.05) is 36.8 Å². The molecule has 0 bridgehead atoms. The van der Waals surface area contributed by atoms with Gasteiger partial charge in [-0.05, 0) is 37.5 Å². The molecule has 0 unspecified atom stereocenters. The molecule has 3 rings (SSSR count). The van der Waals surface area contributed by atoms with Crippen molar-refractivity contribution in [2.45, 2.75) is 38.5 Å². The molecule has 4 nitrogen and oxygen atoms in total. The number of aliphatic hydroxyl groups is 1. The van der Waals surface area contributed by atoms with Gasteiger partial charge in [0.25, 0.3) is 0 Å². The molecule has 1 N–H and O–H groups in total. The van der Waals surface area contributed by atoms with Gasteiger partial charge in [-0.15, -0.1) is 0 Å². The van der Waals surface area contributed by atoms with Gasteiger partial charge < -0.3 is 14.4 Å². The second-order valence-corrected chi connectivity index (χ2v) is 5.06. The third-order valence-electron chi connectivity index (χ3n) is 3.44. The van der Waals surface area contributed by atoms with Gasteiger partial charge in [0.2, 0.25) is 0 Å². The van der Waals surface area contributed by atoms with Crippen LogP contribution in [0, 0.1) is 0 Å². The molecule has 0 amide bonds. The molecule has 0 saturated heterocycles. The molecule has 1 atom stereocenters. The smallest absolute Gasteiger partial charge is 0.130 e. The third-order valence-corrected chi connectivity index (χ3v) is 3.44. The minimum absolute atomic E-state index is 0.439. The normalized spacial score (nSPS) is 16.3. The first kappa shape index (κ1) is 12.2. The van der Waals surface area contributed by atoms with Crippen molar-refractivity contribution in [3.63, 3.8) is 0 Å². The van der Waals surface area contributed by atoms with Crippen LogP contribution in [0.25, 0.3) is 0 Å². The standard InChI is InChI=1S/C15H18N2O2/c1-11(18)12-2-6-15(7-3-12)19-9-14-8-16-10-17(14)13-4-5-13/h2-3,6-8,10-11,13,18H,4-5,9H2,1H3/t11-/m1/s1. The van der Waals surface area contributed by atoms with Gasteiger partial charge in [-0.3, -0.25) is 0 Å². The van der Waals surface area contributed by atoms with Gasteiger partial charge >= 0.3 is 0 Å². The monoisotopic (exact) mass is 258 g/mol. The number of hydrogen-bond donors (Lipinski definition) is 1. The molecule has 1 aromatic heterocycles. The lowest BCUT2D eigenvalue weighted by atomic mass is 10.1. The molecule has 0 spiro atoms. The van der Waals surface area contributed by atoms with Gasteiger partial charge in [-0.1, -0.05) is 12.1 Å². The fraction of sp³-hybridized carbons (Fsp3) is 0.400. The summed E-state index contributed by atoms with van der Waals surface area (Å²) in [5.74, 6) is 0.813. The van der Waals surface area contributed by atoms with E-state index in [1.54, 1.807) is 6.92 Å². The fourth-order valence-electron chi connectivity index (χ4n) is 2.13. The maximum absolute atomic E-state index is 9.45. The van der Waals surface area contributed by atoms with Crippen molar-refractivity contribution in [3.8, 4) is 5.75 Å². The van der Waals surface area contributed by atoms with Crippen LogP contribution in [0.1, 0.15) is 43.2 Å². The molecule has 100 valence electrons. The van der Waals surface area contributed by atoms with E-state index in [0.717, 1.165) is 17.0 Å². The summed E-state index contributed by atoms with van der Waals surface area (Å²) in [6, 6.07) is 8.18. The second kappa shape index (κ2) is 5.05. The zero-order chi connectivity index (χ0) is 13.2. The number of benzene rings is 1. The van der Waals surface area contributed by atoms with Crippen molar-refractivity contribution in [2.24, 2.45) is 0 Å². The maximum atomic E-state index is 9.45. The van der Waals surface area contributed by atoms with Gasteiger partial charge in [0.15, 0.2) is 0 Å². The van der Waals surface area contributed by atoms with E-state index >= 15 is 0 Å². The van der Waals surface area contributed by atoms with Crippen molar-refractivity contribution in [2.75, 3.05) is 0 Å². The number of aliphatic hydroxyl groups excluding tert-OH is 1. The summed E-state index contributed by atoms with van der Waals surface area (Å²) in [5, 5.41) is 9.45. The zero-order valence-corrected chi connectivity index (χ0v) is 11.0. The summed E-state index contributed by atoms with van der Waals surface area (Å²) in [7, 11) is 0. The largest absolute Gasteiger partial charge is 0.487 e. The highest BCUT2D eigenvalue weighted by atomic mass is 16.5. The van der Waals surface area contributed by atoms with Crippen molar-refractivity contribution >= 4 is 0 Å². The Balaban J connectivity index is 1.63. The number of nitrogens with zero attached hydrogens (tertiary/aromatic N) is 2. The lowest BCUT2D eigenvalue weighted by Gasteiger charge is -2.10. The van der Waals surface area contributed by atoms with Crippen LogP contribution in [-0.2, 0) is 6.61 Å². The average Bonchev–Trinajstić information content (AvgIpc) is 3.16. The Morgan fingerprint density at radius 2 is 2.11 bits per heavy atom. The summed E-state index contributed by atoms with van der Waals surface area (Å²) in [5.41, 5.74) is 2.01. The SMILES string of the molecule is C[C@@H](O)c1ccc(OCc2cncn2C2CC2)cc1. The third kappa shape index (κ3) is 2.79. The van der Waals surface area contributed by atoms with E-state index in [0.29, 0.717) is 12.6 Å². The van der Waals surface area contributed by atoms with Crippen LogP contribution in [0.4, 0.5) is 0 Å². The number of aromatic nitrogens is 2. The molecule has 4 heteroatoms. The predicted octanol–water partition coefficient (Wildman–Crippen LogP) is 2.85. The van der Waals surface area contributed by atoms with E-state index < -0.39 is 6.10 Å². The highest BCUT2D eigenvalue weighted by Gasteiger charge is 2.25. The first-order chi connectivity index (χ1) is 9.24. The quantitative estimate of drug-likeness (QED) is 0.897. The van der Waals surface area contributed by atoms with Crippen LogP contribution >= 0.6 is 0 Å². The Kier molecular flexibility index (Phi) is 3.25. The van der Waals surface area contributed by atoms with Gasteiger partial charge in [-0.25, -0.2) is 4.98 Å². The van der Waals surface area contributed by atoms with Gasteiger partial charge in [0, 0.05) is 6.04 Å². The Morgan fingerprint density at radius 1 is 1.37 bits per heavy atom. The first-order valence-corrected chi connectivity index (χ1v) is 6.65. The number of hydrogen-bond acceptors (Lipinski definition) is 3. The Labute approximate surface area is 112 Å². The van der Waals surface area contributed by atoms with Crippen LogP contribution in [0.15, 0.2) is 36.8 Å². The predicted molar refractivity (Wildman–Crippen MR) is 71.9 cm³/mol. The van der Waals surface area contributed by atoms with E-state index in [2.05, 4.69) is 9.55 Å². The van der Waals surface area contributed by atoms with Crippen LogP contribution in [0.2, 0.25) is 0 Å².